The van der Waals surface area contributed by atoms with E-state index in [1.165, 1.54) is 17.4 Å². The molecule has 0 aliphatic heterocycles. The fraction of sp³-hybridized carbons (Fsp3) is 0.312. The minimum absolute atomic E-state index is 0.0725. The number of carboxylic acid groups (broad SMARTS) is 1. The van der Waals surface area contributed by atoms with Gasteiger partial charge in [0.05, 0.1) is 10.5 Å². The van der Waals surface area contributed by atoms with Crippen LogP contribution in [-0.2, 0) is 11.3 Å². The van der Waals surface area contributed by atoms with Gasteiger partial charge in [0.2, 0.25) is 0 Å². The van der Waals surface area contributed by atoms with Gasteiger partial charge < -0.3 is 5.11 Å². The number of hydrogen-bond donors (Lipinski definition) is 2. The Morgan fingerprint density at radius 2 is 2.09 bits per heavy atom. The summed E-state index contributed by atoms with van der Waals surface area (Å²) in [7, 11) is 0. The number of rotatable bonds is 8. The number of nitrogens with zero attached hydrogens (tertiary/aromatic N) is 1. The standard InChI is InChI=1S/C16H18N2O4S/c1-2-5-13(16(19)20)17-10-11-8-9-15(23-11)12-6-3-4-7-14(12)18(21)22/h3-4,6-9,13,17H,2,5,10H2,1H3,(H,19,20). The molecule has 1 atom stereocenters. The Morgan fingerprint density at radius 1 is 1.35 bits per heavy atom. The van der Waals surface area contributed by atoms with Gasteiger partial charge in [-0.3, -0.25) is 20.2 Å². The fourth-order valence-corrected chi connectivity index (χ4v) is 3.28. The first kappa shape index (κ1) is 17.1. The Balaban J connectivity index is 2.12. The molecule has 1 aromatic heterocycles. The van der Waals surface area contributed by atoms with Crippen LogP contribution < -0.4 is 5.32 Å². The van der Waals surface area contributed by atoms with E-state index < -0.39 is 16.9 Å². The van der Waals surface area contributed by atoms with Crippen molar-refractivity contribution >= 4 is 23.0 Å². The SMILES string of the molecule is CCCC(NCc1ccc(-c2ccccc2[N+](=O)[O-])s1)C(=O)O. The average Bonchev–Trinajstić information content (AvgIpc) is 2.99. The van der Waals surface area contributed by atoms with Gasteiger partial charge in [0.1, 0.15) is 6.04 Å². The third-order valence-corrected chi connectivity index (χ3v) is 4.54. The Labute approximate surface area is 137 Å². The number of carbonyl (C=O) groups is 1. The quantitative estimate of drug-likeness (QED) is 0.567. The van der Waals surface area contributed by atoms with Gasteiger partial charge in [0, 0.05) is 22.4 Å². The number of hydrogen-bond acceptors (Lipinski definition) is 5. The molecule has 0 amide bonds. The molecule has 2 N–H and O–H groups in total. The molecule has 0 spiro atoms. The summed E-state index contributed by atoms with van der Waals surface area (Å²) in [6.07, 6.45) is 1.35. The van der Waals surface area contributed by atoms with Crippen molar-refractivity contribution in [3.63, 3.8) is 0 Å². The third kappa shape index (κ3) is 4.37. The summed E-state index contributed by atoms with van der Waals surface area (Å²) in [5.74, 6) is -0.859. The van der Waals surface area contributed by atoms with Crippen molar-refractivity contribution in [2.24, 2.45) is 0 Å². The molecule has 122 valence electrons. The predicted molar refractivity (Wildman–Crippen MR) is 89.6 cm³/mol. The Morgan fingerprint density at radius 3 is 2.74 bits per heavy atom. The van der Waals surface area contributed by atoms with Crippen molar-refractivity contribution in [2.75, 3.05) is 0 Å². The summed E-state index contributed by atoms with van der Waals surface area (Å²) < 4.78 is 0. The summed E-state index contributed by atoms with van der Waals surface area (Å²) in [5.41, 5.74) is 0.653. The molecule has 0 bridgehead atoms. The van der Waals surface area contributed by atoms with Crippen LogP contribution in [0.3, 0.4) is 0 Å². The maximum absolute atomic E-state index is 11.1. The van der Waals surface area contributed by atoms with E-state index in [4.69, 9.17) is 5.11 Å². The van der Waals surface area contributed by atoms with Gasteiger partial charge in [-0.15, -0.1) is 11.3 Å². The minimum atomic E-state index is -0.859. The molecule has 7 heteroatoms. The van der Waals surface area contributed by atoms with Crippen LogP contribution in [0, 0.1) is 10.1 Å². The van der Waals surface area contributed by atoms with Crippen molar-refractivity contribution in [1.82, 2.24) is 5.32 Å². The highest BCUT2D eigenvalue weighted by atomic mass is 32.1. The zero-order valence-corrected chi connectivity index (χ0v) is 13.5. The van der Waals surface area contributed by atoms with Crippen LogP contribution in [0.25, 0.3) is 10.4 Å². The topological polar surface area (TPSA) is 92.5 Å². The summed E-state index contributed by atoms with van der Waals surface area (Å²) in [4.78, 5) is 23.6. The molecular weight excluding hydrogens is 316 g/mol. The molecule has 1 unspecified atom stereocenters. The molecule has 0 fully saturated rings. The first-order chi connectivity index (χ1) is 11.0. The van der Waals surface area contributed by atoms with Crippen LogP contribution in [0.2, 0.25) is 0 Å². The minimum Gasteiger partial charge on any atom is -0.480 e. The lowest BCUT2D eigenvalue weighted by Crippen LogP contribution is -2.35. The normalized spacial score (nSPS) is 12.0. The Bertz CT molecular complexity index is 699. The maximum atomic E-state index is 11.1. The van der Waals surface area contributed by atoms with E-state index in [1.807, 2.05) is 19.1 Å². The van der Waals surface area contributed by atoms with Crippen LogP contribution in [-0.4, -0.2) is 22.0 Å². The second-order valence-corrected chi connectivity index (χ2v) is 6.27. The number of thiophene rings is 1. The van der Waals surface area contributed by atoms with Gasteiger partial charge in [-0.2, -0.15) is 0 Å². The summed E-state index contributed by atoms with van der Waals surface area (Å²) >= 11 is 1.43. The number of nitro benzene ring substituents is 1. The van der Waals surface area contributed by atoms with E-state index in [0.717, 1.165) is 16.2 Å². The highest BCUT2D eigenvalue weighted by Crippen LogP contribution is 2.34. The summed E-state index contributed by atoms with van der Waals surface area (Å²) in [6.45, 7) is 2.37. The molecule has 6 nitrogen and oxygen atoms in total. The van der Waals surface area contributed by atoms with Crippen molar-refractivity contribution < 1.29 is 14.8 Å². The smallest absolute Gasteiger partial charge is 0.320 e. The van der Waals surface area contributed by atoms with Crippen LogP contribution in [0.4, 0.5) is 5.69 Å². The monoisotopic (exact) mass is 334 g/mol. The number of nitro groups is 1. The Kier molecular flexibility index (Phi) is 5.84. The second-order valence-electron chi connectivity index (χ2n) is 5.10. The van der Waals surface area contributed by atoms with E-state index in [1.54, 1.807) is 18.2 Å². The van der Waals surface area contributed by atoms with Crippen LogP contribution in [0.5, 0.6) is 0 Å². The highest BCUT2D eigenvalue weighted by Gasteiger charge is 2.18. The molecule has 0 radical (unpaired) electrons. The lowest BCUT2D eigenvalue weighted by Gasteiger charge is -2.12. The molecule has 23 heavy (non-hydrogen) atoms. The molecule has 1 aromatic carbocycles. The van der Waals surface area contributed by atoms with Gasteiger partial charge in [-0.25, -0.2) is 0 Å². The van der Waals surface area contributed by atoms with E-state index >= 15 is 0 Å². The zero-order valence-electron chi connectivity index (χ0n) is 12.7. The lowest BCUT2D eigenvalue weighted by atomic mass is 10.1. The van der Waals surface area contributed by atoms with E-state index in [2.05, 4.69) is 5.32 Å². The molecular formula is C16H18N2O4S. The van der Waals surface area contributed by atoms with E-state index in [9.17, 15) is 14.9 Å². The average molecular weight is 334 g/mol. The zero-order chi connectivity index (χ0) is 16.8. The number of carboxylic acids is 1. The van der Waals surface area contributed by atoms with Crippen molar-refractivity contribution in [3.05, 3.63) is 51.4 Å². The molecule has 0 aliphatic rings. The second kappa shape index (κ2) is 7.85. The van der Waals surface area contributed by atoms with E-state index in [-0.39, 0.29) is 5.69 Å². The number of para-hydroxylation sites is 1. The summed E-state index contributed by atoms with van der Waals surface area (Å²) in [6, 6.07) is 9.74. The van der Waals surface area contributed by atoms with Gasteiger partial charge >= 0.3 is 5.97 Å². The van der Waals surface area contributed by atoms with Gasteiger partial charge in [-0.1, -0.05) is 25.5 Å². The van der Waals surface area contributed by atoms with Crippen LogP contribution in [0.1, 0.15) is 24.6 Å². The maximum Gasteiger partial charge on any atom is 0.320 e. The van der Waals surface area contributed by atoms with Gasteiger partial charge in [-0.05, 0) is 24.6 Å². The van der Waals surface area contributed by atoms with Crippen molar-refractivity contribution in [3.8, 4) is 10.4 Å². The largest absolute Gasteiger partial charge is 0.480 e. The predicted octanol–water partition coefficient (Wildman–Crippen LogP) is 3.67. The van der Waals surface area contributed by atoms with E-state index in [0.29, 0.717) is 18.5 Å². The fourth-order valence-electron chi connectivity index (χ4n) is 2.28. The molecule has 0 saturated heterocycles. The Hall–Kier alpha value is -2.25. The molecule has 0 aliphatic carbocycles. The number of benzene rings is 1. The molecule has 1 heterocycles. The molecule has 2 aromatic rings. The number of nitrogens with one attached hydrogen (secondary N) is 1. The first-order valence-electron chi connectivity index (χ1n) is 7.31. The first-order valence-corrected chi connectivity index (χ1v) is 8.13. The van der Waals surface area contributed by atoms with Gasteiger partial charge in [0.15, 0.2) is 0 Å². The summed E-state index contributed by atoms with van der Waals surface area (Å²) in [5, 5.41) is 23.2. The van der Waals surface area contributed by atoms with Crippen LogP contribution in [0.15, 0.2) is 36.4 Å². The van der Waals surface area contributed by atoms with Gasteiger partial charge in [0.25, 0.3) is 5.69 Å². The van der Waals surface area contributed by atoms with Crippen molar-refractivity contribution in [1.29, 1.82) is 0 Å². The molecule has 0 saturated carbocycles. The number of aliphatic carboxylic acids is 1. The molecule has 2 rings (SSSR count). The highest BCUT2D eigenvalue weighted by molar-refractivity contribution is 7.15. The van der Waals surface area contributed by atoms with Crippen LogP contribution >= 0.6 is 11.3 Å². The van der Waals surface area contributed by atoms with Crippen molar-refractivity contribution in [2.45, 2.75) is 32.4 Å². The lowest BCUT2D eigenvalue weighted by molar-refractivity contribution is -0.384. The third-order valence-electron chi connectivity index (χ3n) is 3.43.